The summed E-state index contributed by atoms with van der Waals surface area (Å²) in [6, 6.07) is 3.09. The number of carbonyl (C=O) groups excluding carboxylic acids is 1. The molecule has 2 aliphatic heterocycles. The van der Waals surface area contributed by atoms with E-state index >= 15 is 0 Å². The van der Waals surface area contributed by atoms with Gasteiger partial charge in [0.2, 0.25) is 0 Å². The molecule has 0 radical (unpaired) electrons. The number of amides is 1. The topological polar surface area (TPSA) is 117 Å². The SMILES string of the molecule is CCOc1cc(N)c(Cl)cc1C(=O)NCC1CN(CC2CCN(S(=O)(=O)N(C)C)CC2)CCO1. The Balaban J connectivity index is 1.49. The van der Waals surface area contributed by atoms with Gasteiger partial charge in [-0.25, -0.2) is 0 Å². The van der Waals surface area contributed by atoms with E-state index in [2.05, 4.69) is 10.2 Å². The quantitative estimate of drug-likeness (QED) is 0.474. The molecule has 192 valence electrons. The van der Waals surface area contributed by atoms with Crippen molar-refractivity contribution in [2.75, 3.05) is 72.3 Å². The molecule has 2 aliphatic rings. The zero-order chi connectivity index (χ0) is 24.9. The van der Waals surface area contributed by atoms with E-state index in [4.69, 9.17) is 26.8 Å². The first kappa shape index (κ1) is 27.0. The molecule has 12 heteroatoms. The summed E-state index contributed by atoms with van der Waals surface area (Å²) in [5.74, 6) is 0.545. The molecule has 1 amide bonds. The standard InChI is InChI=1S/C22H36ClN5O5S/c1-4-32-21-12-20(24)19(23)11-18(21)22(29)25-13-17-15-27(9-10-33-17)14-16-5-7-28(8-6-16)34(30,31)26(2)3/h11-12,16-17H,4-10,13-15,24H2,1-3H3,(H,25,29). The number of ether oxygens (including phenoxy) is 2. The van der Waals surface area contributed by atoms with Crippen molar-refractivity contribution in [3.63, 3.8) is 0 Å². The minimum absolute atomic E-state index is 0.133. The van der Waals surface area contributed by atoms with E-state index in [9.17, 15) is 13.2 Å². The second-order valence-electron chi connectivity index (χ2n) is 8.90. The number of anilines is 1. The van der Waals surface area contributed by atoms with Crippen LogP contribution in [0.5, 0.6) is 5.75 Å². The molecule has 10 nitrogen and oxygen atoms in total. The number of nitrogens with two attached hydrogens (primary N) is 1. The number of nitrogens with one attached hydrogen (secondary N) is 1. The number of carbonyl (C=O) groups is 1. The molecule has 0 spiro atoms. The van der Waals surface area contributed by atoms with Crippen molar-refractivity contribution < 1.29 is 22.7 Å². The molecule has 0 aliphatic carbocycles. The van der Waals surface area contributed by atoms with E-state index < -0.39 is 10.2 Å². The van der Waals surface area contributed by atoms with Crippen molar-refractivity contribution in [1.29, 1.82) is 0 Å². The number of morpholine rings is 1. The van der Waals surface area contributed by atoms with Crippen LogP contribution in [0.25, 0.3) is 0 Å². The normalized spacial score (nSPS) is 21.0. The summed E-state index contributed by atoms with van der Waals surface area (Å²) in [5.41, 5.74) is 6.54. The lowest BCUT2D eigenvalue weighted by molar-refractivity contribution is -0.0327. The van der Waals surface area contributed by atoms with Crippen molar-refractivity contribution in [2.45, 2.75) is 25.9 Å². The zero-order valence-corrected chi connectivity index (χ0v) is 21.7. The lowest BCUT2D eigenvalue weighted by atomic mass is 9.97. The van der Waals surface area contributed by atoms with Gasteiger partial charge in [-0.15, -0.1) is 0 Å². The summed E-state index contributed by atoms with van der Waals surface area (Å²) in [5, 5.41) is 3.23. The predicted molar refractivity (Wildman–Crippen MR) is 132 cm³/mol. The first-order valence-electron chi connectivity index (χ1n) is 11.6. The summed E-state index contributed by atoms with van der Waals surface area (Å²) in [6.45, 7) is 6.70. The van der Waals surface area contributed by atoms with Gasteiger partial charge in [-0.1, -0.05) is 11.6 Å². The monoisotopic (exact) mass is 517 g/mol. The fourth-order valence-electron chi connectivity index (χ4n) is 4.31. The Bertz CT molecular complexity index is 953. The summed E-state index contributed by atoms with van der Waals surface area (Å²) >= 11 is 6.11. The molecule has 1 aromatic rings. The number of hydrogen-bond donors (Lipinski definition) is 2. The fourth-order valence-corrected chi connectivity index (χ4v) is 5.61. The third kappa shape index (κ3) is 6.73. The van der Waals surface area contributed by atoms with Gasteiger partial charge in [-0.05, 0) is 31.7 Å². The minimum atomic E-state index is -3.35. The van der Waals surface area contributed by atoms with Gasteiger partial charge in [-0.3, -0.25) is 9.69 Å². The Labute approximate surface area is 207 Å². The molecule has 0 saturated carbocycles. The second kappa shape index (κ2) is 11.9. The average Bonchev–Trinajstić information content (AvgIpc) is 2.80. The van der Waals surface area contributed by atoms with Crippen molar-refractivity contribution >= 4 is 33.4 Å². The van der Waals surface area contributed by atoms with Gasteiger partial charge in [0.05, 0.1) is 35.6 Å². The van der Waals surface area contributed by atoms with Crippen LogP contribution in [0.4, 0.5) is 5.69 Å². The van der Waals surface area contributed by atoms with E-state index in [1.165, 1.54) is 10.4 Å². The number of rotatable bonds is 9. The van der Waals surface area contributed by atoms with E-state index in [1.807, 2.05) is 6.92 Å². The van der Waals surface area contributed by atoms with E-state index in [0.717, 1.165) is 25.9 Å². The van der Waals surface area contributed by atoms with Gasteiger partial charge in [0.1, 0.15) is 5.75 Å². The molecular formula is C22H36ClN5O5S. The molecule has 1 unspecified atom stereocenters. The van der Waals surface area contributed by atoms with Crippen LogP contribution >= 0.6 is 11.6 Å². The van der Waals surface area contributed by atoms with Crippen molar-refractivity contribution in [2.24, 2.45) is 5.92 Å². The zero-order valence-electron chi connectivity index (χ0n) is 20.1. The minimum Gasteiger partial charge on any atom is -0.493 e. The number of nitrogen functional groups attached to an aromatic ring is 1. The lowest BCUT2D eigenvalue weighted by Gasteiger charge is -2.38. The molecule has 3 rings (SSSR count). The van der Waals surface area contributed by atoms with Crippen LogP contribution in [0.1, 0.15) is 30.1 Å². The summed E-state index contributed by atoms with van der Waals surface area (Å²) in [4.78, 5) is 15.1. The third-order valence-corrected chi connectivity index (χ3v) is 8.50. The van der Waals surface area contributed by atoms with Gasteiger partial charge < -0.3 is 20.5 Å². The molecule has 0 aromatic heterocycles. The van der Waals surface area contributed by atoms with E-state index in [1.54, 1.807) is 24.5 Å². The van der Waals surface area contributed by atoms with Crippen LogP contribution in [0.15, 0.2) is 12.1 Å². The average molecular weight is 518 g/mol. The largest absolute Gasteiger partial charge is 0.493 e. The van der Waals surface area contributed by atoms with Crippen molar-refractivity contribution in [3.8, 4) is 5.75 Å². The Morgan fingerprint density at radius 1 is 1.29 bits per heavy atom. The maximum atomic E-state index is 12.8. The second-order valence-corrected chi connectivity index (χ2v) is 11.4. The number of halogens is 1. The summed E-state index contributed by atoms with van der Waals surface area (Å²) in [7, 11) is -0.221. The molecule has 1 atom stereocenters. The molecule has 0 bridgehead atoms. The fraction of sp³-hybridized carbons (Fsp3) is 0.682. The highest BCUT2D eigenvalue weighted by atomic mass is 35.5. The molecule has 2 fully saturated rings. The highest BCUT2D eigenvalue weighted by molar-refractivity contribution is 7.86. The van der Waals surface area contributed by atoms with Crippen LogP contribution in [0, 0.1) is 5.92 Å². The number of benzene rings is 1. The summed E-state index contributed by atoms with van der Waals surface area (Å²) in [6.07, 6.45) is 1.54. The van der Waals surface area contributed by atoms with Gasteiger partial charge in [-0.2, -0.15) is 17.0 Å². The molecule has 2 heterocycles. The van der Waals surface area contributed by atoms with E-state index in [0.29, 0.717) is 67.3 Å². The molecule has 3 N–H and O–H groups in total. The highest BCUT2D eigenvalue weighted by Crippen LogP contribution is 2.29. The highest BCUT2D eigenvalue weighted by Gasteiger charge is 2.31. The number of hydrogen-bond acceptors (Lipinski definition) is 7. The van der Waals surface area contributed by atoms with Gasteiger partial charge in [0.25, 0.3) is 16.1 Å². The van der Waals surface area contributed by atoms with Crippen molar-refractivity contribution in [3.05, 3.63) is 22.7 Å². The Kier molecular flexibility index (Phi) is 9.41. The van der Waals surface area contributed by atoms with Crippen LogP contribution in [0.2, 0.25) is 5.02 Å². The Morgan fingerprint density at radius 3 is 2.65 bits per heavy atom. The first-order valence-corrected chi connectivity index (χ1v) is 13.4. The van der Waals surface area contributed by atoms with Gasteiger partial charge >= 0.3 is 0 Å². The van der Waals surface area contributed by atoms with Crippen LogP contribution in [-0.4, -0.2) is 101 Å². The van der Waals surface area contributed by atoms with Crippen LogP contribution < -0.4 is 15.8 Å². The van der Waals surface area contributed by atoms with Crippen LogP contribution in [0.3, 0.4) is 0 Å². The van der Waals surface area contributed by atoms with Gasteiger partial charge in [0, 0.05) is 59.4 Å². The van der Waals surface area contributed by atoms with Gasteiger partial charge in [0.15, 0.2) is 0 Å². The maximum absolute atomic E-state index is 12.8. The lowest BCUT2D eigenvalue weighted by Crippen LogP contribution is -2.50. The maximum Gasteiger partial charge on any atom is 0.281 e. The predicted octanol–water partition coefficient (Wildman–Crippen LogP) is 1.27. The number of nitrogens with zero attached hydrogens (tertiary/aromatic N) is 3. The molecule has 1 aromatic carbocycles. The molecular weight excluding hydrogens is 482 g/mol. The molecule has 2 saturated heterocycles. The van der Waals surface area contributed by atoms with Crippen molar-refractivity contribution in [1.82, 2.24) is 18.8 Å². The van der Waals surface area contributed by atoms with E-state index in [-0.39, 0.29) is 12.0 Å². The first-order chi connectivity index (χ1) is 16.1. The number of piperidine rings is 1. The Hall–Kier alpha value is -1.63. The smallest absolute Gasteiger partial charge is 0.281 e. The summed E-state index contributed by atoms with van der Waals surface area (Å²) < 4.78 is 38.9. The van der Waals surface area contributed by atoms with Crippen LogP contribution in [-0.2, 0) is 14.9 Å². The Morgan fingerprint density at radius 2 is 2.00 bits per heavy atom. The third-order valence-electron chi connectivity index (χ3n) is 6.23. The molecule has 34 heavy (non-hydrogen) atoms.